The minimum Gasteiger partial charge on any atom is -0.426 e. The summed E-state index contributed by atoms with van der Waals surface area (Å²) in [4.78, 5) is 40.8. The maximum Gasteiger partial charge on any atom is 0.367 e. The molecular weight excluding hydrogens is 422 g/mol. The van der Waals surface area contributed by atoms with Gasteiger partial charge in [-0.25, -0.2) is 18.6 Å². The summed E-state index contributed by atoms with van der Waals surface area (Å²) < 4.78 is 38.6. The Kier molecular flexibility index (Phi) is 6.73. The maximum absolute atomic E-state index is 13.7. The first-order chi connectivity index (χ1) is 14.3. The number of halogens is 3. The summed E-state index contributed by atoms with van der Waals surface area (Å²) in [6, 6.07) is 2.66. The van der Waals surface area contributed by atoms with Crippen LogP contribution in [0.2, 0.25) is 5.15 Å². The van der Waals surface area contributed by atoms with Crippen molar-refractivity contribution in [2.24, 2.45) is 0 Å². The van der Waals surface area contributed by atoms with Gasteiger partial charge < -0.3 is 14.0 Å². The number of methoxy groups -OCH3 is 1. The average molecular weight is 439 g/mol. The van der Waals surface area contributed by atoms with E-state index in [4.69, 9.17) is 21.1 Å². The zero-order chi connectivity index (χ0) is 21.8. The fourth-order valence-corrected chi connectivity index (χ4v) is 3.34. The van der Waals surface area contributed by atoms with Crippen molar-refractivity contribution in [2.45, 2.75) is 25.8 Å². The largest absolute Gasteiger partial charge is 0.426 e. The van der Waals surface area contributed by atoms with Crippen LogP contribution >= 0.6 is 11.6 Å². The van der Waals surface area contributed by atoms with Crippen LogP contribution in [0.3, 0.4) is 0 Å². The number of carbonyl (C=O) groups excluding carboxylic acids is 2. The number of benzene rings is 1. The molecule has 1 aliphatic carbocycles. The van der Waals surface area contributed by atoms with Gasteiger partial charge in [-0.3, -0.25) is 9.59 Å². The van der Waals surface area contributed by atoms with Gasteiger partial charge in [0.05, 0.1) is 12.3 Å². The third kappa shape index (κ3) is 4.80. The van der Waals surface area contributed by atoms with Crippen molar-refractivity contribution >= 4 is 23.4 Å². The summed E-state index contributed by atoms with van der Waals surface area (Å²) >= 11 is 6.20. The fraction of sp³-hybridized carbons (Fsp3) is 0.300. The van der Waals surface area contributed by atoms with Crippen LogP contribution in [0, 0.1) is 11.6 Å². The number of allylic oxidation sites excluding steroid dienone is 2. The molecule has 1 aromatic carbocycles. The van der Waals surface area contributed by atoms with Crippen LogP contribution < -0.4 is 5.56 Å². The molecule has 0 fully saturated rings. The van der Waals surface area contributed by atoms with Crippen molar-refractivity contribution in [1.82, 2.24) is 9.55 Å². The number of nitrogens with zero attached hydrogens (tertiary/aromatic N) is 2. The zero-order valence-electron chi connectivity index (χ0n) is 15.9. The van der Waals surface area contributed by atoms with E-state index in [0.717, 1.165) is 16.7 Å². The predicted molar refractivity (Wildman–Crippen MR) is 103 cm³/mol. The SMILES string of the molecule is COCCn1c(-c2cc(F)cc(F)c2)c(Cl)nc(C(=O)OC2=CC(=O)CCC2)c1=O. The minimum absolute atomic E-state index is 0.0290. The van der Waals surface area contributed by atoms with E-state index < -0.39 is 28.9 Å². The lowest BCUT2D eigenvalue weighted by atomic mass is 10.1. The lowest BCUT2D eigenvalue weighted by Crippen LogP contribution is -2.32. The van der Waals surface area contributed by atoms with Crippen molar-refractivity contribution in [3.8, 4) is 11.3 Å². The lowest BCUT2D eigenvalue weighted by molar-refractivity contribution is -0.115. The predicted octanol–water partition coefficient (Wildman–Crippen LogP) is 3.28. The highest BCUT2D eigenvalue weighted by molar-refractivity contribution is 6.32. The molecule has 0 saturated carbocycles. The molecule has 0 bridgehead atoms. The Balaban J connectivity index is 2.08. The molecule has 0 amide bonds. The van der Waals surface area contributed by atoms with Gasteiger partial charge in [-0.2, -0.15) is 0 Å². The van der Waals surface area contributed by atoms with E-state index in [-0.39, 0.29) is 41.1 Å². The Labute approximate surface area is 174 Å². The Bertz CT molecular complexity index is 1080. The number of carbonyl (C=O) groups is 2. The van der Waals surface area contributed by atoms with E-state index in [1.807, 2.05) is 0 Å². The third-order valence-corrected chi connectivity index (χ3v) is 4.63. The van der Waals surface area contributed by atoms with Crippen LogP contribution in [0.5, 0.6) is 0 Å². The van der Waals surface area contributed by atoms with Gasteiger partial charge in [0.1, 0.15) is 17.4 Å². The first kappa shape index (κ1) is 21.8. The second kappa shape index (κ2) is 9.27. The Morgan fingerprint density at radius 2 is 1.90 bits per heavy atom. The van der Waals surface area contributed by atoms with Gasteiger partial charge in [0.25, 0.3) is 5.56 Å². The highest BCUT2D eigenvalue weighted by atomic mass is 35.5. The van der Waals surface area contributed by atoms with Crippen molar-refractivity contribution in [3.63, 3.8) is 0 Å². The molecule has 2 aromatic rings. The third-order valence-electron chi connectivity index (χ3n) is 4.36. The second-order valence-corrected chi connectivity index (χ2v) is 6.89. The number of rotatable bonds is 6. The molecule has 0 spiro atoms. The molecule has 158 valence electrons. The highest BCUT2D eigenvalue weighted by Crippen LogP contribution is 2.27. The van der Waals surface area contributed by atoms with Crippen LogP contribution in [0.25, 0.3) is 11.3 Å². The monoisotopic (exact) mass is 438 g/mol. The summed E-state index contributed by atoms with van der Waals surface area (Å²) in [6.45, 7) is -0.00824. The molecule has 3 rings (SSSR count). The fourth-order valence-electron chi connectivity index (χ4n) is 3.04. The van der Waals surface area contributed by atoms with Gasteiger partial charge in [-0.1, -0.05) is 11.6 Å². The Morgan fingerprint density at radius 3 is 2.53 bits per heavy atom. The standard InChI is InChI=1S/C20H17ClF2N2O5/c1-29-6-5-25-17(11-7-12(22)9-13(23)8-11)18(21)24-16(19(25)27)20(28)30-15-4-2-3-14(26)10-15/h7-10H,2-6H2,1H3. The molecule has 1 aliphatic rings. The molecule has 1 aromatic heterocycles. The van der Waals surface area contributed by atoms with Crippen LogP contribution in [-0.2, 0) is 20.8 Å². The van der Waals surface area contributed by atoms with E-state index in [1.54, 1.807) is 0 Å². The number of aromatic nitrogens is 2. The van der Waals surface area contributed by atoms with Crippen molar-refractivity contribution < 1.29 is 27.8 Å². The van der Waals surface area contributed by atoms with Crippen LogP contribution in [-0.4, -0.2) is 35.0 Å². The normalized spacial score (nSPS) is 13.9. The summed E-state index contributed by atoms with van der Waals surface area (Å²) in [7, 11) is 1.40. The lowest BCUT2D eigenvalue weighted by Gasteiger charge is -2.16. The summed E-state index contributed by atoms with van der Waals surface area (Å²) in [6.07, 6.45) is 2.45. The smallest absolute Gasteiger partial charge is 0.367 e. The number of ketones is 1. The minimum atomic E-state index is -1.08. The van der Waals surface area contributed by atoms with Crippen LogP contribution in [0.1, 0.15) is 29.8 Å². The Morgan fingerprint density at radius 1 is 1.20 bits per heavy atom. The maximum atomic E-state index is 13.7. The molecular formula is C20H17ClF2N2O5. The van der Waals surface area contributed by atoms with E-state index >= 15 is 0 Å². The van der Waals surface area contributed by atoms with Gasteiger partial charge in [-0.15, -0.1) is 0 Å². The van der Waals surface area contributed by atoms with Gasteiger partial charge in [0.2, 0.25) is 5.69 Å². The van der Waals surface area contributed by atoms with E-state index in [9.17, 15) is 23.2 Å². The molecule has 10 heteroatoms. The van der Waals surface area contributed by atoms with E-state index in [0.29, 0.717) is 25.3 Å². The van der Waals surface area contributed by atoms with Crippen molar-refractivity contribution in [3.05, 3.63) is 62.9 Å². The first-order valence-corrected chi connectivity index (χ1v) is 9.39. The number of ether oxygens (including phenoxy) is 2. The number of hydrogen-bond donors (Lipinski definition) is 0. The van der Waals surface area contributed by atoms with Crippen molar-refractivity contribution in [2.75, 3.05) is 13.7 Å². The molecule has 0 unspecified atom stereocenters. The van der Waals surface area contributed by atoms with Gasteiger partial charge in [-0.05, 0) is 18.6 Å². The van der Waals surface area contributed by atoms with E-state index in [2.05, 4.69) is 4.98 Å². The zero-order valence-corrected chi connectivity index (χ0v) is 16.7. The molecule has 1 heterocycles. The summed E-state index contributed by atoms with van der Waals surface area (Å²) in [5.41, 5.74) is -1.58. The average Bonchev–Trinajstić information content (AvgIpc) is 2.67. The van der Waals surface area contributed by atoms with Crippen molar-refractivity contribution in [1.29, 1.82) is 0 Å². The van der Waals surface area contributed by atoms with Gasteiger partial charge in [0.15, 0.2) is 10.9 Å². The first-order valence-electron chi connectivity index (χ1n) is 9.01. The number of hydrogen-bond acceptors (Lipinski definition) is 6. The van der Waals surface area contributed by atoms with Gasteiger partial charge in [0, 0.05) is 44.2 Å². The topological polar surface area (TPSA) is 87.5 Å². The second-order valence-electron chi connectivity index (χ2n) is 6.53. The number of esters is 1. The van der Waals surface area contributed by atoms with Crippen LogP contribution in [0.4, 0.5) is 8.78 Å². The Hall–Kier alpha value is -2.91. The molecule has 0 N–H and O–H groups in total. The highest BCUT2D eigenvalue weighted by Gasteiger charge is 2.25. The molecule has 0 radical (unpaired) electrons. The van der Waals surface area contributed by atoms with Crippen LogP contribution in [0.15, 0.2) is 34.8 Å². The molecule has 7 nitrogen and oxygen atoms in total. The molecule has 30 heavy (non-hydrogen) atoms. The quantitative estimate of drug-likeness (QED) is 0.643. The molecule has 0 atom stereocenters. The molecule has 0 aliphatic heterocycles. The van der Waals surface area contributed by atoms with Gasteiger partial charge >= 0.3 is 5.97 Å². The molecule has 0 saturated heterocycles. The summed E-state index contributed by atoms with van der Waals surface area (Å²) in [5, 5.41) is -0.323. The van der Waals surface area contributed by atoms with E-state index in [1.165, 1.54) is 13.2 Å². The summed E-state index contributed by atoms with van der Waals surface area (Å²) in [5.74, 6) is -2.87.